The Kier molecular flexibility index (Phi) is 4.91. The summed E-state index contributed by atoms with van der Waals surface area (Å²) in [5.41, 5.74) is 5.79. The third-order valence-corrected chi connectivity index (χ3v) is 6.05. The molecule has 3 aromatic carbocycles. The Hall–Kier alpha value is -3.27. The molecule has 2 aliphatic rings. The highest BCUT2D eigenvalue weighted by Gasteiger charge is 2.31. The lowest BCUT2D eigenvalue weighted by Crippen LogP contribution is -2.33. The van der Waals surface area contributed by atoms with Crippen molar-refractivity contribution in [2.24, 2.45) is 5.92 Å². The van der Waals surface area contributed by atoms with Gasteiger partial charge >= 0.3 is 6.09 Å². The van der Waals surface area contributed by atoms with E-state index in [4.69, 9.17) is 4.74 Å². The average Bonchev–Trinajstić information content (AvgIpc) is 3.52. The number of phenolic OH excluding ortho intramolecular Hbond substituents is 1. The Morgan fingerprint density at radius 2 is 1.60 bits per heavy atom. The van der Waals surface area contributed by atoms with Crippen molar-refractivity contribution in [1.29, 1.82) is 0 Å². The first-order valence-corrected chi connectivity index (χ1v) is 10.6. The van der Waals surface area contributed by atoms with Crippen LogP contribution in [0.1, 0.15) is 35.4 Å². The number of nitrogens with zero attached hydrogens (tertiary/aromatic N) is 1. The number of fused-ring (bicyclic) bond motifs is 3. The molecule has 0 spiro atoms. The fourth-order valence-electron chi connectivity index (χ4n) is 4.38. The number of amides is 1. The van der Waals surface area contributed by atoms with Gasteiger partial charge in [0.1, 0.15) is 12.4 Å². The van der Waals surface area contributed by atoms with Gasteiger partial charge in [-0.25, -0.2) is 4.79 Å². The summed E-state index contributed by atoms with van der Waals surface area (Å²) in [5.74, 6) is 0.832. The minimum Gasteiger partial charge on any atom is -0.508 e. The summed E-state index contributed by atoms with van der Waals surface area (Å²) in [6.45, 7) is 1.47. The van der Waals surface area contributed by atoms with Crippen LogP contribution in [0.5, 0.6) is 5.75 Å². The number of hydrogen-bond acceptors (Lipinski definition) is 3. The molecule has 1 amide bonds. The van der Waals surface area contributed by atoms with Crippen LogP contribution in [0.15, 0.2) is 72.8 Å². The predicted molar refractivity (Wildman–Crippen MR) is 116 cm³/mol. The topological polar surface area (TPSA) is 49.8 Å². The second kappa shape index (κ2) is 7.86. The van der Waals surface area contributed by atoms with Crippen LogP contribution in [0.4, 0.5) is 4.79 Å². The van der Waals surface area contributed by atoms with Crippen molar-refractivity contribution in [1.82, 2.24) is 4.90 Å². The quantitative estimate of drug-likeness (QED) is 0.591. The van der Waals surface area contributed by atoms with Gasteiger partial charge in [0, 0.05) is 19.0 Å². The highest BCUT2D eigenvalue weighted by atomic mass is 16.6. The summed E-state index contributed by atoms with van der Waals surface area (Å²) in [5, 5.41) is 9.76. The van der Waals surface area contributed by atoms with Crippen LogP contribution in [0, 0.1) is 5.92 Å². The Morgan fingerprint density at radius 3 is 2.23 bits per heavy atom. The molecule has 4 nitrogen and oxygen atoms in total. The van der Waals surface area contributed by atoms with Crippen LogP contribution in [-0.4, -0.2) is 29.3 Å². The number of benzene rings is 3. The lowest BCUT2D eigenvalue weighted by Gasteiger charge is -2.24. The SMILES string of the molecule is O=C(OCC1c2ccccc2-c2ccccc21)N(Cc1cccc(O)c1)CC1CC1. The second-order valence-corrected chi connectivity index (χ2v) is 8.30. The van der Waals surface area contributed by atoms with E-state index in [0.717, 1.165) is 18.4 Å². The molecule has 0 atom stereocenters. The highest BCUT2D eigenvalue weighted by molar-refractivity contribution is 5.79. The number of phenols is 1. The van der Waals surface area contributed by atoms with E-state index in [0.29, 0.717) is 25.6 Å². The first kappa shape index (κ1) is 18.7. The number of carbonyl (C=O) groups excluding carboxylic acids is 1. The summed E-state index contributed by atoms with van der Waals surface area (Å²) in [6, 6.07) is 23.8. The van der Waals surface area contributed by atoms with Gasteiger partial charge in [-0.15, -0.1) is 0 Å². The molecular formula is C26H25NO3. The predicted octanol–water partition coefficient (Wildman–Crippen LogP) is 5.55. The third kappa shape index (κ3) is 3.78. The van der Waals surface area contributed by atoms with E-state index in [1.165, 1.54) is 22.3 Å². The molecule has 0 bridgehead atoms. The van der Waals surface area contributed by atoms with Gasteiger partial charge in [-0.1, -0.05) is 60.7 Å². The van der Waals surface area contributed by atoms with Crippen LogP contribution < -0.4 is 0 Å². The van der Waals surface area contributed by atoms with E-state index >= 15 is 0 Å². The zero-order valence-corrected chi connectivity index (χ0v) is 16.8. The van der Waals surface area contributed by atoms with Crippen molar-refractivity contribution in [3.63, 3.8) is 0 Å². The van der Waals surface area contributed by atoms with Crippen molar-refractivity contribution < 1.29 is 14.6 Å². The fourth-order valence-corrected chi connectivity index (χ4v) is 4.38. The van der Waals surface area contributed by atoms with E-state index in [2.05, 4.69) is 36.4 Å². The zero-order valence-electron chi connectivity index (χ0n) is 16.8. The van der Waals surface area contributed by atoms with Gasteiger partial charge in [0.05, 0.1) is 0 Å². The third-order valence-electron chi connectivity index (χ3n) is 6.05. The smallest absolute Gasteiger partial charge is 0.410 e. The molecule has 2 aliphatic carbocycles. The van der Waals surface area contributed by atoms with Crippen molar-refractivity contribution in [3.05, 3.63) is 89.5 Å². The van der Waals surface area contributed by atoms with E-state index in [1.54, 1.807) is 23.1 Å². The van der Waals surface area contributed by atoms with E-state index in [-0.39, 0.29) is 17.8 Å². The molecule has 30 heavy (non-hydrogen) atoms. The number of aromatic hydroxyl groups is 1. The van der Waals surface area contributed by atoms with Crippen LogP contribution >= 0.6 is 0 Å². The lowest BCUT2D eigenvalue weighted by molar-refractivity contribution is 0.0954. The second-order valence-electron chi connectivity index (χ2n) is 8.30. The Bertz CT molecular complexity index is 1030. The lowest BCUT2D eigenvalue weighted by atomic mass is 9.98. The first-order chi connectivity index (χ1) is 14.7. The largest absolute Gasteiger partial charge is 0.508 e. The summed E-state index contributed by atoms with van der Waals surface area (Å²) >= 11 is 0. The molecule has 4 heteroatoms. The summed E-state index contributed by atoms with van der Waals surface area (Å²) in [7, 11) is 0. The number of rotatable bonds is 6. The van der Waals surface area contributed by atoms with Gasteiger partial charge in [-0.2, -0.15) is 0 Å². The molecule has 0 radical (unpaired) electrons. The molecule has 0 unspecified atom stereocenters. The molecule has 1 saturated carbocycles. The average molecular weight is 399 g/mol. The van der Waals surface area contributed by atoms with Gasteiger partial charge in [0.2, 0.25) is 0 Å². The van der Waals surface area contributed by atoms with Crippen LogP contribution in [0.3, 0.4) is 0 Å². The van der Waals surface area contributed by atoms with Gasteiger partial charge in [0.25, 0.3) is 0 Å². The maximum atomic E-state index is 13.0. The zero-order chi connectivity index (χ0) is 20.5. The summed E-state index contributed by atoms with van der Waals surface area (Å²) in [6.07, 6.45) is 2.03. The molecule has 152 valence electrons. The van der Waals surface area contributed by atoms with Gasteiger partial charge in [-0.3, -0.25) is 0 Å². The molecule has 5 rings (SSSR count). The summed E-state index contributed by atoms with van der Waals surface area (Å²) < 4.78 is 5.86. The minimum atomic E-state index is -0.285. The fraction of sp³-hybridized carbons (Fsp3) is 0.269. The number of hydrogen-bond donors (Lipinski definition) is 1. The van der Waals surface area contributed by atoms with Crippen molar-refractivity contribution in [2.75, 3.05) is 13.2 Å². The normalized spacial score (nSPS) is 14.8. The molecule has 1 N–H and O–H groups in total. The minimum absolute atomic E-state index is 0.0601. The Labute approximate surface area is 176 Å². The highest BCUT2D eigenvalue weighted by Crippen LogP contribution is 2.44. The molecule has 0 aromatic heterocycles. The molecule has 0 heterocycles. The van der Waals surface area contributed by atoms with Crippen molar-refractivity contribution >= 4 is 6.09 Å². The Balaban J connectivity index is 1.32. The number of carbonyl (C=O) groups is 1. The van der Waals surface area contributed by atoms with E-state index in [1.807, 2.05) is 18.2 Å². The van der Waals surface area contributed by atoms with Gasteiger partial charge < -0.3 is 14.7 Å². The molecule has 0 saturated heterocycles. The standard InChI is InChI=1S/C26H25NO3/c28-20-7-5-6-19(14-20)16-27(15-18-12-13-18)26(29)30-17-25-23-10-3-1-8-21(23)22-9-2-4-11-24(22)25/h1-11,14,18,25,28H,12-13,15-17H2. The maximum absolute atomic E-state index is 13.0. The van der Waals surface area contributed by atoms with Crippen LogP contribution in [0.25, 0.3) is 11.1 Å². The molecule has 1 fully saturated rings. The van der Waals surface area contributed by atoms with Crippen LogP contribution in [-0.2, 0) is 11.3 Å². The van der Waals surface area contributed by atoms with E-state index < -0.39 is 0 Å². The monoisotopic (exact) mass is 399 g/mol. The van der Waals surface area contributed by atoms with Gasteiger partial charge in [-0.05, 0) is 58.7 Å². The first-order valence-electron chi connectivity index (χ1n) is 10.6. The van der Waals surface area contributed by atoms with Crippen molar-refractivity contribution in [3.8, 4) is 16.9 Å². The molecule has 3 aromatic rings. The summed E-state index contributed by atoms with van der Waals surface area (Å²) in [4.78, 5) is 14.8. The maximum Gasteiger partial charge on any atom is 0.410 e. The number of ether oxygens (including phenoxy) is 1. The van der Waals surface area contributed by atoms with Crippen LogP contribution in [0.2, 0.25) is 0 Å². The van der Waals surface area contributed by atoms with Crippen molar-refractivity contribution in [2.45, 2.75) is 25.3 Å². The van der Waals surface area contributed by atoms with Gasteiger partial charge in [0.15, 0.2) is 0 Å². The molecular weight excluding hydrogens is 374 g/mol. The Morgan fingerprint density at radius 1 is 0.933 bits per heavy atom. The van der Waals surface area contributed by atoms with E-state index in [9.17, 15) is 9.90 Å². The molecule has 0 aliphatic heterocycles.